The Bertz CT molecular complexity index is 736. The number of phenols is 1. The van der Waals surface area contributed by atoms with Gasteiger partial charge in [0.15, 0.2) is 0 Å². The van der Waals surface area contributed by atoms with Crippen molar-refractivity contribution in [1.29, 1.82) is 0 Å². The summed E-state index contributed by atoms with van der Waals surface area (Å²) in [6.07, 6.45) is 0. The van der Waals surface area contributed by atoms with Crippen LogP contribution in [0.3, 0.4) is 0 Å². The quantitative estimate of drug-likeness (QED) is 0.516. The molecule has 0 heterocycles. The van der Waals surface area contributed by atoms with Gasteiger partial charge in [0.1, 0.15) is 11.6 Å². The smallest absolute Gasteiger partial charge is 0.273 e. The Morgan fingerprint density at radius 3 is 2.62 bits per heavy atom. The number of anilines is 1. The van der Waals surface area contributed by atoms with Crippen LogP contribution >= 0.6 is 11.6 Å². The minimum absolute atomic E-state index is 0.0259. The van der Waals surface area contributed by atoms with E-state index in [9.17, 15) is 24.4 Å². The number of carbonyl (C=O) groups excluding carboxylic acids is 1. The van der Waals surface area contributed by atoms with Gasteiger partial charge in [0.25, 0.3) is 11.6 Å². The second kappa shape index (κ2) is 5.76. The van der Waals surface area contributed by atoms with Gasteiger partial charge in [-0.1, -0.05) is 11.6 Å². The maximum atomic E-state index is 13.3. The van der Waals surface area contributed by atoms with Crippen molar-refractivity contribution < 1.29 is 19.2 Å². The molecule has 2 aromatic rings. The zero-order chi connectivity index (χ0) is 15.6. The summed E-state index contributed by atoms with van der Waals surface area (Å²) in [6.45, 7) is 0. The van der Waals surface area contributed by atoms with E-state index in [0.717, 1.165) is 12.1 Å². The number of nitrogens with zero attached hydrogens (tertiary/aromatic N) is 1. The number of aromatic hydroxyl groups is 1. The van der Waals surface area contributed by atoms with Crippen molar-refractivity contribution in [3.63, 3.8) is 0 Å². The highest BCUT2D eigenvalue weighted by Gasteiger charge is 2.15. The summed E-state index contributed by atoms with van der Waals surface area (Å²) in [4.78, 5) is 21.8. The van der Waals surface area contributed by atoms with Gasteiger partial charge in [-0.05, 0) is 24.3 Å². The van der Waals surface area contributed by atoms with Crippen LogP contribution in [0.5, 0.6) is 5.75 Å². The van der Waals surface area contributed by atoms with Crippen molar-refractivity contribution in [3.05, 3.63) is 62.9 Å². The summed E-state index contributed by atoms with van der Waals surface area (Å²) in [5, 5.41) is 22.3. The molecule has 2 aromatic carbocycles. The number of phenolic OH excluding ortho intramolecular Hbond substituents is 1. The number of benzene rings is 2. The highest BCUT2D eigenvalue weighted by Crippen LogP contribution is 2.26. The number of non-ortho nitro benzene ring substituents is 1. The van der Waals surface area contributed by atoms with Gasteiger partial charge in [-0.15, -0.1) is 0 Å². The summed E-state index contributed by atoms with van der Waals surface area (Å²) >= 11 is 5.68. The molecule has 0 aliphatic carbocycles. The van der Waals surface area contributed by atoms with Crippen molar-refractivity contribution in [2.75, 3.05) is 5.32 Å². The second-order valence-electron chi connectivity index (χ2n) is 4.08. The standard InChI is InChI=1S/C13H8ClFN2O4/c14-11-6-9(1-2-12(11)18)16-13(19)7-3-8(15)5-10(4-7)17(20)21/h1-6,18H,(H,16,19). The molecule has 0 bridgehead atoms. The number of hydrogen-bond acceptors (Lipinski definition) is 4. The lowest BCUT2D eigenvalue weighted by molar-refractivity contribution is -0.385. The molecule has 0 radical (unpaired) electrons. The van der Waals surface area contributed by atoms with Gasteiger partial charge < -0.3 is 10.4 Å². The lowest BCUT2D eigenvalue weighted by atomic mass is 10.1. The first-order valence-electron chi connectivity index (χ1n) is 5.61. The largest absolute Gasteiger partial charge is 0.506 e. The number of carbonyl (C=O) groups is 1. The van der Waals surface area contributed by atoms with Crippen LogP contribution in [0.2, 0.25) is 5.02 Å². The number of nitro benzene ring substituents is 1. The van der Waals surface area contributed by atoms with E-state index in [1.165, 1.54) is 18.2 Å². The number of nitro groups is 1. The minimum atomic E-state index is -0.891. The molecule has 1 amide bonds. The van der Waals surface area contributed by atoms with Crippen LogP contribution in [0.15, 0.2) is 36.4 Å². The summed E-state index contributed by atoms with van der Waals surface area (Å²) in [6, 6.07) is 6.50. The molecule has 8 heteroatoms. The zero-order valence-electron chi connectivity index (χ0n) is 10.3. The number of rotatable bonds is 3. The van der Waals surface area contributed by atoms with Crippen molar-refractivity contribution in [2.45, 2.75) is 0 Å². The minimum Gasteiger partial charge on any atom is -0.506 e. The number of amides is 1. The molecule has 0 aliphatic heterocycles. The maximum Gasteiger partial charge on any atom is 0.273 e. The normalized spacial score (nSPS) is 10.2. The first kappa shape index (κ1) is 14.7. The molecule has 0 spiro atoms. The van der Waals surface area contributed by atoms with E-state index >= 15 is 0 Å². The van der Waals surface area contributed by atoms with E-state index in [1.807, 2.05) is 0 Å². The maximum absolute atomic E-state index is 13.3. The molecule has 6 nitrogen and oxygen atoms in total. The van der Waals surface area contributed by atoms with Crippen LogP contribution in [0.4, 0.5) is 15.8 Å². The third-order valence-electron chi connectivity index (χ3n) is 2.56. The van der Waals surface area contributed by atoms with Crippen LogP contribution in [-0.2, 0) is 0 Å². The van der Waals surface area contributed by atoms with Crippen molar-refractivity contribution >= 4 is 28.9 Å². The number of halogens is 2. The first-order chi connectivity index (χ1) is 9.86. The SMILES string of the molecule is O=C(Nc1ccc(O)c(Cl)c1)c1cc(F)cc([N+](=O)[O-])c1. The monoisotopic (exact) mass is 310 g/mol. The second-order valence-corrected chi connectivity index (χ2v) is 4.48. The van der Waals surface area contributed by atoms with Gasteiger partial charge in [-0.25, -0.2) is 4.39 Å². The van der Waals surface area contributed by atoms with E-state index in [1.54, 1.807) is 0 Å². The fourth-order valence-electron chi connectivity index (χ4n) is 1.60. The molecule has 0 aromatic heterocycles. The average Bonchev–Trinajstić information content (AvgIpc) is 2.42. The molecule has 21 heavy (non-hydrogen) atoms. The first-order valence-corrected chi connectivity index (χ1v) is 5.99. The predicted molar refractivity (Wildman–Crippen MR) is 74.1 cm³/mol. The molecule has 0 unspecified atom stereocenters. The van der Waals surface area contributed by atoms with Crippen LogP contribution < -0.4 is 5.32 Å². The lowest BCUT2D eigenvalue weighted by Gasteiger charge is -2.06. The predicted octanol–water partition coefficient (Wildman–Crippen LogP) is 3.35. The van der Waals surface area contributed by atoms with Crippen molar-refractivity contribution in [3.8, 4) is 5.75 Å². The molecular weight excluding hydrogens is 303 g/mol. The fraction of sp³-hybridized carbons (Fsp3) is 0. The van der Waals surface area contributed by atoms with Crippen LogP contribution in [0, 0.1) is 15.9 Å². The third kappa shape index (κ3) is 3.46. The summed E-state index contributed by atoms with van der Waals surface area (Å²) in [5.41, 5.74) is -0.468. The molecule has 0 saturated carbocycles. The highest BCUT2D eigenvalue weighted by atomic mass is 35.5. The van der Waals surface area contributed by atoms with Crippen LogP contribution in [-0.4, -0.2) is 15.9 Å². The van der Waals surface area contributed by atoms with Gasteiger partial charge in [-0.3, -0.25) is 14.9 Å². The zero-order valence-corrected chi connectivity index (χ0v) is 11.1. The van der Waals surface area contributed by atoms with Gasteiger partial charge in [0, 0.05) is 17.3 Å². The van der Waals surface area contributed by atoms with Gasteiger partial charge in [-0.2, -0.15) is 0 Å². The summed E-state index contributed by atoms with van der Waals surface area (Å²) in [7, 11) is 0. The Morgan fingerprint density at radius 2 is 2.00 bits per heavy atom. The average molecular weight is 311 g/mol. The molecule has 2 rings (SSSR count). The van der Waals surface area contributed by atoms with E-state index in [-0.39, 0.29) is 22.0 Å². The molecule has 2 N–H and O–H groups in total. The molecule has 0 aliphatic rings. The molecule has 0 atom stereocenters. The number of hydrogen-bond donors (Lipinski definition) is 2. The molecule has 0 fully saturated rings. The Balaban J connectivity index is 2.27. The van der Waals surface area contributed by atoms with E-state index in [4.69, 9.17) is 11.6 Å². The Labute approximate surface area is 122 Å². The van der Waals surface area contributed by atoms with Gasteiger partial charge >= 0.3 is 0 Å². The van der Waals surface area contributed by atoms with Gasteiger partial charge in [0.05, 0.1) is 16.0 Å². The Morgan fingerprint density at radius 1 is 1.29 bits per heavy atom. The van der Waals surface area contributed by atoms with Crippen molar-refractivity contribution in [1.82, 2.24) is 0 Å². The molecule has 108 valence electrons. The summed E-state index contributed by atoms with van der Waals surface area (Å²) in [5.74, 6) is -1.78. The topological polar surface area (TPSA) is 92.5 Å². The third-order valence-corrected chi connectivity index (χ3v) is 2.86. The van der Waals surface area contributed by atoms with Crippen molar-refractivity contribution in [2.24, 2.45) is 0 Å². The lowest BCUT2D eigenvalue weighted by Crippen LogP contribution is -2.12. The molecular formula is C13H8ClFN2O4. The van der Waals surface area contributed by atoms with E-state index in [2.05, 4.69) is 5.32 Å². The van der Waals surface area contributed by atoms with Crippen LogP contribution in [0.1, 0.15) is 10.4 Å². The summed E-state index contributed by atoms with van der Waals surface area (Å²) < 4.78 is 13.3. The van der Waals surface area contributed by atoms with Crippen LogP contribution in [0.25, 0.3) is 0 Å². The van der Waals surface area contributed by atoms with E-state index in [0.29, 0.717) is 6.07 Å². The van der Waals surface area contributed by atoms with E-state index < -0.39 is 22.3 Å². The molecule has 0 saturated heterocycles. The Hall–Kier alpha value is -2.67. The number of nitrogens with one attached hydrogen (secondary N) is 1. The highest BCUT2D eigenvalue weighted by molar-refractivity contribution is 6.32. The fourth-order valence-corrected chi connectivity index (χ4v) is 1.78. The Kier molecular flexibility index (Phi) is 4.04. The van der Waals surface area contributed by atoms with Gasteiger partial charge in [0.2, 0.25) is 0 Å².